The molecule has 3 atom stereocenters. The van der Waals surface area contributed by atoms with E-state index in [0.717, 1.165) is 17.8 Å². The van der Waals surface area contributed by atoms with Gasteiger partial charge < -0.3 is 0 Å². The average molecular weight is 216 g/mol. The molecule has 0 spiro atoms. The van der Waals surface area contributed by atoms with Crippen LogP contribution < -0.4 is 0 Å². The molecule has 15 heavy (non-hydrogen) atoms. The first kappa shape index (κ1) is 20.4. The summed E-state index contributed by atoms with van der Waals surface area (Å²) in [6.07, 6.45) is 4.38. The minimum Gasteiger partial charge on any atom is -0.0683 e. The Balaban J connectivity index is -0.000000208. The van der Waals surface area contributed by atoms with Crippen LogP contribution in [0.1, 0.15) is 81.6 Å². The van der Waals surface area contributed by atoms with Crippen molar-refractivity contribution in [3.8, 4) is 0 Å². The van der Waals surface area contributed by atoms with E-state index >= 15 is 0 Å². The molecule has 96 valence electrons. The van der Waals surface area contributed by atoms with Crippen molar-refractivity contribution in [2.45, 2.75) is 81.6 Å². The second kappa shape index (κ2) is 16.4. The van der Waals surface area contributed by atoms with Crippen LogP contribution in [0.15, 0.2) is 0 Å². The van der Waals surface area contributed by atoms with Crippen LogP contribution >= 0.6 is 0 Å². The zero-order chi connectivity index (χ0) is 12.9. The lowest BCUT2D eigenvalue weighted by atomic mass is 9.77. The van der Waals surface area contributed by atoms with Crippen LogP contribution in [0.25, 0.3) is 0 Å². The first-order valence-corrected chi connectivity index (χ1v) is 7.20. The molecule has 0 saturated heterocycles. The van der Waals surface area contributed by atoms with E-state index in [1.54, 1.807) is 0 Å². The van der Waals surface area contributed by atoms with E-state index in [9.17, 15) is 0 Å². The van der Waals surface area contributed by atoms with Gasteiger partial charge in [0.15, 0.2) is 0 Å². The maximum Gasteiger partial charge on any atom is -0.0414 e. The predicted molar refractivity (Wildman–Crippen MR) is 75.4 cm³/mol. The van der Waals surface area contributed by atoms with Gasteiger partial charge in [-0.25, -0.2) is 0 Å². The van der Waals surface area contributed by atoms with Gasteiger partial charge in [0.25, 0.3) is 0 Å². The fourth-order valence-corrected chi connectivity index (χ4v) is 1.82. The van der Waals surface area contributed by atoms with Crippen LogP contribution in [-0.4, -0.2) is 0 Å². The fourth-order valence-electron chi connectivity index (χ4n) is 1.82. The first-order valence-electron chi connectivity index (χ1n) is 7.20. The molecule has 0 heterocycles. The Morgan fingerprint density at radius 1 is 0.600 bits per heavy atom. The molecule has 1 aliphatic carbocycles. The molecule has 1 aliphatic rings. The van der Waals surface area contributed by atoms with E-state index in [1.807, 2.05) is 41.5 Å². The highest BCUT2D eigenvalue weighted by atomic mass is 14.3. The van der Waals surface area contributed by atoms with Crippen LogP contribution in [0.2, 0.25) is 0 Å². The van der Waals surface area contributed by atoms with Crippen molar-refractivity contribution < 1.29 is 0 Å². The van der Waals surface area contributed by atoms with Crippen LogP contribution in [0.5, 0.6) is 0 Å². The first-order chi connectivity index (χ1) is 7.20. The summed E-state index contributed by atoms with van der Waals surface area (Å²) in [5.74, 6) is 2.96. The molecule has 0 nitrogen and oxygen atoms in total. The van der Waals surface area contributed by atoms with Crippen molar-refractivity contribution in [2.75, 3.05) is 0 Å². The second-order valence-electron chi connectivity index (χ2n) is 3.87. The van der Waals surface area contributed by atoms with Crippen molar-refractivity contribution in [3.63, 3.8) is 0 Å². The molecule has 0 amide bonds. The highest BCUT2D eigenvalue weighted by molar-refractivity contribution is 4.72. The molecule has 1 saturated carbocycles. The van der Waals surface area contributed by atoms with Gasteiger partial charge in [-0.3, -0.25) is 0 Å². The van der Waals surface area contributed by atoms with Gasteiger partial charge in [0.1, 0.15) is 0 Å². The Labute approximate surface area is 99.9 Å². The molecule has 1 rings (SSSR count). The fraction of sp³-hybridized carbons (Fsp3) is 1.00. The number of rotatable bonds is 0. The maximum atomic E-state index is 2.39. The summed E-state index contributed by atoms with van der Waals surface area (Å²) < 4.78 is 0. The van der Waals surface area contributed by atoms with E-state index < -0.39 is 0 Å². The van der Waals surface area contributed by atoms with E-state index in [2.05, 4.69) is 20.8 Å². The Morgan fingerprint density at radius 3 is 1.27 bits per heavy atom. The van der Waals surface area contributed by atoms with Crippen molar-refractivity contribution in [1.82, 2.24) is 0 Å². The standard InChI is InChI=1S/C9H18.3C2H6/c1-7-4-5-8(2)9(3)6-7;3*1-2/h7-9H,4-6H2,1-3H3;3*1-2H3. The number of hydrogen-bond donors (Lipinski definition) is 0. The molecular weight excluding hydrogens is 180 g/mol. The summed E-state index contributed by atoms with van der Waals surface area (Å²) in [7, 11) is 0. The van der Waals surface area contributed by atoms with E-state index in [4.69, 9.17) is 0 Å². The highest BCUT2D eigenvalue weighted by Gasteiger charge is 2.20. The lowest BCUT2D eigenvalue weighted by Gasteiger charge is -2.29. The zero-order valence-corrected chi connectivity index (χ0v) is 12.9. The largest absolute Gasteiger partial charge is 0.0683 e. The predicted octanol–water partition coefficient (Wildman–Crippen LogP) is 6.16. The molecule has 1 fully saturated rings. The number of hydrogen-bond acceptors (Lipinski definition) is 0. The van der Waals surface area contributed by atoms with Gasteiger partial charge >= 0.3 is 0 Å². The van der Waals surface area contributed by atoms with Gasteiger partial charge in [-0.2, -0.15) is 0 Å². The second-order valence-corrected chi connectivity index (χ2v) is 3.87. The Hall–Kier alpha value is 0. The van der Waals surface area contributed by atoms with Crippen LogP contribution in [0.3, 0.4) is 0 Å². The van der Waals surface area contributed by atoms with Crippen molar-refractivity contribution in [3.05, 3.63) is 0 Å². The van der Waals surface area contributed by atoms with E-state index in [1.165, 1.54) is 19.3 Å². The topological polar surface area (TPSA) is 0 Å². The smallest absolute Gasteiger partial charge is 0.0414 e. The van der Waals surface area contributed by atoms with Crippen LogP contribution in [0.4, 0.5) is 0 Å². The summed E-state index contributed by atoms with van der Waals surface area (Å²) in [4.78, 5) is 0. The average Bonchev–Trinajstić information content (AvgIpc) is 2.32. The minimum atomic E-state index is 0.980. The van der Waals surface area contributed by atoms with E-state index in [0.29, 0.717) is 0 Å². The molecule has 0 aromatic carbocycles. The molecule has 0 radical (unpaired) electrons. The molecule has 0 heteroatoms. The van der Waals surface area contributed by atoms with E-state index in [-0.39, 0.29) is 0 Å². The summed E-state index contributed by atoms with van der Waals surface area (Å²) in [5, 5.41) is 0. The summed E-state index contributed by atoms with van der Waals surface area (Å²) >= 11 is 0. The molecular formula is C15H36. The third-order valence-corrected chi connectivity index (χ3v) is 2.86. The Bertz CT molecular complexity index is 86.0. The quantitative estimate of drug-likeness (QED) is 0.455. The van der Waals surface area contributed by atoms with Gasteiger partial charge in [-0.05, 0) is 24.2 Å². The maximum absolute atomic E-state index is 2.39. The lowest BCUT2D eigenvalue weighted by molar-refractivity contribution is 0.220. The molecule has 3 unspecified atom stereocenters. The summed E-state index contributed by atoms with van der Waals surface area (Å²) in [6, 6.07) is 0. The van der Waals surface area contributed by atoms with Crippen molar-refractivity contribution >= 4 is 0 Å². The third-order valence-electron chi connectivity index (χ3n) is 2.86. The van der Waals surface area contributed by atoms with Gasteiger partial charge in [-0.15, -0.1) is 0 Å². The van der Waals surface area contributed by atoms with Crippen LogP contribution in [-0.2, 0) is 0 Å². The molecule has 0 aromatic rings. The lowest BCUT2D eigenvalue weighted by Crippen LogP contribution is -2.18. The van der Waals surface area contributed by atoms with Gasteiger partial charge in [0, 0.05) is 0 Å². The molecule has 0 aliphatic heterocycles. The van der Waals surface area contributed by atoms with Crippen molar-refractivity contribution in [1.29, 1.82) is 0 Å². The van der Waals surface area contributed by atoms with Crippen molar-refractivity contribution in [2.24, 2.45) is 17.8 Å². The monoisotopic (exact) mass is 216 g/mol. The summed E-state index contributed by atoms with van der Waals surface area (Å²) in [6.45, 7) is 19.2. The minimum absolute atomic E-state index is 0.980. The SMILES string of the molecule is CC.CC.CC.CC1CCC(C)C(C)C1. The van der Waals surface area contributed by atoms with Gasteiger partial charge in [0.05, 0.1) is 0 Å². The summed E-state index contributed by atoms with van der Waals surface area (Å²) in [5.41, 5.74) is 0. The van der Waals surface area contributed by atoms with Gasteiger partial charge in [0.2, 0.25) is 0 Å². The Morgan fingerprint density at radius 2 is 1.00 bits per heavy atom. The molecule has 0 N–H and O–H groups in total. The van der Waals surface area contributed by atoms with Gasteiger partial charge in [-0.1, -0.05) is 75.2 Å². The Kier molecular flexibility index (Phi) is 22.4. The molecule has 0 aromatic heterocycles. The molecule has 0 bridgehead atoms. The highest BCUT2D eigenvalue weighted by Crippen LogP contribution is 2.32. The third kappa shape index (κ3) is 11.9. The zero-order valence-electron chi connectivity index (χ0n) is 12.9. The van der Waals surface area contributed by atoms with Crippen LogP contribution in [0, 0.1) is 17.8 Å². The normalized spacial score (nSPS) is 28.2.